The Kier molecular flexibility index (Phi) is 1.94. The summed E-state index contributed by atoms with van der Waals surface area (Å²) in [6.07, 6.45) is 0. The van der Waals surface area contributed by atoms with Gasteiger partial charge in [0, 0.05) is 11.5 Å². The third-order valence-corrected chi connectivity index (χ3v) is 2.02. The number of quaternary nitrogens is 1. The van der Waals surface area contributed by atoms with E-state index in [1.54, 1.807) is 0 Å². The van der Waals surface area contributed by atoms with Gasteiger partial charge in [-0.15, -0.1) is 16.9 Å². The van der Waals surface area contributed by atoms with Gasteiger partial charge in [-0.3, -0.25) is 0 Å². The highest BCUT2D eigenvalue weighted by Gasteiger charge is 2.11. The lowest BCUT2D eigenvalue weighted by molar-refractivity contribution is -1.04. The van der Waals surface area contributed by atoms with Gasteiger partial charge >= 0.3 is 0 Å². The summed E-state index contributed by atoms with van der Waals surface area (Å²) >= 11 is 1.84. The molecular formula is C4H9FNS+. The van der Waals surface area contributed by atoms with Crippen molar-refractivity contribution in [2.24, 2.45) is 0 Å². The van der Waals surface area contributed by atoms with Gasteiger partial charge in [0.1, 0.15) is 13.1 Å². The van der Waals surface area contributed by atoms with Crippen LogP contribution in [0.1, 0.15) is 0 Å². The topological polar surface area (TPSA) is 4.44 Å². The first-order valence-electron chi connectivity index (χ1n) is 2.47. The van der Waals surface area contributed by atoms with E-state index in [-0.39, 0.29) is 5.12 Å². The molecule has 1 nitrogen and oxygen atoms in total. The molecule has 0 aliphatic carbocycles. The SMILES string of the molecule is F[NH+]1CCSCC1. The van der Waals surface area contributed by atoms with Crippen molar-refractivity contribution >= 4 is 11.8 Å². The Hall–Kier alpha value is 0.240. The highest BCUT2D eigenvalue weighted by Crippen LogP contribution is 1.97. The molecule has 0 bridgehead atoms. The van der Waals surface area contributed by atoms with Gasteiger partial charge in [-0.2, -0.15) is 0 Å². The van der Waals surface area contributed by atoms with Gasteiger partial charge in [0.05, 0.1) is 0 Å². The maximum atomic E-state index is 12.1. The molecule has 1 fully saturated rings. The average molecular weight is 122 g/mol. The second-order valence-corrected chi connectivity index (χ2v) is 2.85. The number of thioether (sulfide) groups is 1. The van der Waals surface area contributed by atoms with E-state index in [1.165, 1.54) is 0 Å². The lowest BCUT2D eigenvalue weighted by Crippen LogP contribution is -3.06. The maximum Gasteiger partial charge on any atom is 0.122 e. The van der Waals surface area contributed by atoms with Crippen molar-refractivity contribution in [3.63, 3.8) is 0 Å². The van der Waals surface area contributed by atoms with Crippen molar-refractivity contribution in [3.05, 3.63) is 0 Å². The Morgan fingerprint density at radius 2 is 1.86 bits per heavy atom. The maximum absolute atomic E-state index is 12.1. The molecule has 0 amide bonds. The highest BCUT2D eigenvalue weighted by molar-refractivity contribution is 7.99. The molecule has 0 aromatic carbocycles. The molecule has 3 heteroatoms. The second-order valence-electron chi connectivity index (χ2n) is 1.63. The Balaban J connectivity index is 2.12. The van der Waals surface area contributed by atoms with Crippen LogP contribution < -0.4 is 5.12 Å². The molecule has 0 spiro atoms. The van der Waals surface area contributed by atoms with E-state index < -0.39 is 0 Å². The molecule has 0 saturated carbocycles. The minimum absolute atomic E-state index is 0.193. The van der Waals surface area contributed by atoms with E-state index in [0.717, 1.165) is 11.5 Å². The minimum atomic E-state index is 0.193. The Morgan fingerprint density at radius 3 is 2.14 bits per heavy atom. The van der Waals surface area contributed by atoms with Crippen LogP contribution in [0.25, 0.3) is 0 Å². The standard InChI is InChI=1S/C4H8FNS/c5-6-1-3-7-4-2-6/h1-4H2/p+1. The summed E-state index contributed by atoms with van der Waals surface area (Å²) in [5, 5.41) is 0.193. The van der Waals surface area contributed by atoms with Crippen LogP contribution in [0.4, 0.5) is 4.48 Å². The first kappa shape index (κ1) is 5.38. The number of nitrogens with one attached hydrogen (secondary N) is 1. The van der Waals surface area contributed by atoms with E-state index in [0.29, 0.717) is 13.1 Å². The summed E-state index contributed by atoms with van der Waals surface area (Å²) in [6, 6.07) is 0. The molecule has 1 N–H and O–H groups in total. The molecule has 1 aliphatic rings. The monoisotopic (exact) mass is 122 g/mol. The fourth-order valence-corrected chi connectivity index (χ4v) is 1.53. The summed E-state index contributed by atoms with van der Waals surface area (Å²) in [5.74, 6) is 1.98. The van der Waals surface area contributed by atoms with E-state index in [1.807, 2.05) is 11.8 Å². The van der Waals surface area contributed by atoms with Crippen molar-refractivity contribution in [3.8, 4) is 0 Å². The Labute approximate surface area is 46.8 Å². The molecule has 7 heavy (non-hydrogen) atoms. The molecule has 0 atom stereocenters. The van der Waals surface area contributed by atoms with Crippen LogP contribution in [0, 0.1) is 0 Å². The smallest absolute Gasteiger partial charge is 0.122 e. The van der Waals surface area contributed by atoms with E-state index in [4.69, 9.17) is 0 Å². The number of rotatable bonds is 0. The minimum Gasteiger partial charge on any atom is -0.150 e. The highest BCUT2D eigenvalue weighted by atomic mass is 32.2. The van der Waals surface area contributed by atoms with Crippen LogP contribution in [-0.2, 0) is 0 Å². The van der Waals surface area contributed by atoms with Crippen LogP contribution in [0.2, 0.25) is 0 Å². The summed E-state index contributed by atoms with van der Waals surface area (Å²) in [5.41, 5.74) is 0. The lowest BCUT2D eigenvalue weighted by Gasteiger charge is -2.10. The molecule has 0 aromatic heterocycles. The summed E-state index contributed by atoms with van der Waals surface area (Å²) in [7, 11) is 0. The fourth-order valence-electron chi connectivity index (χ4n) is 0.593. The van der Waals surface area contributed by atoms with Gasteiger partial charge in [0.15, 0.2) is 0 Å². The van der Waals surface area contributed by atoms with E-state index in [9.17, 15) is 4.48 Å². The zero-order chi connectivity index (χ0) is 5.11. The van der Waals surface area contributed by atoms with Gasteiger partial charge in [-0.05, 0) is 4.48 Å². The largest absolute Gasteiger partial charge is 0.150 e. The predicted octanol–water partition coefficient (Wildman–Crippen LogP) is -0.497. The molecule has 0 radical (unpaired) electrons. The zero-order valence-corrected chi connectivity index (χ0v) is 4.93. The summed E-state index contributed by atoms with van der Waals surface area (Å²) < 4.78 is 12.1. The summed E-state index contributed by atoms with van der Waals surface area (Å²) in [6.45, 7) is 1.40. The zero-order valence-electron chi connectivity index (χ0n) is 4.11. The van der Waals surface area contributed by atoms with E-state index in [2.05, 4.69) is 0 Å². The molecule has 1 saturated heterocycles. The Bertz CT molecular complexity index is 53.7. The number of hydrogen-bond acceptors (Lipinski definition) is 1. The molecule has 1 rings (SSSR count). The van der Waals surface area contributed by atoms with Gasteiger partial charge in [-0.1, -0.05) is 0 Å². The molecule has 1 heterocycles. The van der Waals surface area contributed by atoms with Crippen molar-refractivity contribution < 1.29 is 9.60 Å². The fraction of sp³-hybridized carbons (Fsp3) is 1.00. The van der Waals surface area contributed by atoms with Gasteiger partial charge < -0.3 is 0 Å². The molecule has 0 unspecified atom stereocenters. The second kappa shape index (κ2) is 2.52. The average Bonchev–Trinajstić information content (AvgIpc) is 1.69. The van der Waals surface area contributed by atoms with Crippen LogP contribution in [0.15, 0.2) is 0 Å². The first-order valence-corrected chi connectivity index (χ1v) is 3.63. The molecule has 42 valence electrons. The van der Waals surface area contributed by atoms with Gasteiger partial charge in [-0.25, -0.2) is 0 Å². The predicted molar refractivity (Wildman–Crippen MR) is 29.1 cm³/mol. The number of halogens is 1. The molecular weight excluding hydrogens is 113 g/mol. The van der Waals surface area contributed by atoms with Crippen LogP contribution >= 0.6 is 11.8 Å². The van der Waals surface area contributed by atoms with Crippen molar-refractivity contribution in [2.75, 3.05) is 24.6 Å². The third kappa shape index (κ3) is 1.65. The lowest BCUT2D eigenvalue weighted by atomic mass is 10.6. The summed E-state index contributed by atoms with van der Waals surface area (Å²) in [4.78, 5) is 0. The molecule has 0 aromatic rings. The van der Waals surface area contributed by atoms with Gasteiger partial charge in [0.25, 0.3) is 0 Å². The third-order valence-electron chi connectivity index (χ3n) is 1.04. The van der Waals surface area contributed by atoms with E-state index >= 15 is 0 Å². The van der Waals surface area contributed by atoms with Crippen molar-refractivity contribution in [1.29, 1.82) is 0 Å². The first-order chi connectivity index (χ1) is 3.39. The van der Waals surface area contributed by atoms with Crippen molar-refractivity contribution in [1.82, 2.24) is 0 Å². The normalized spacial score (nSPS) is 25.3. The molecule has 1 aliphatic heterocycles. The van der Waals surface area contributed by atoms with Crippen LogP contribution in [0.3, 0.4) is 0 Å². The number of hydrogen-bond donors (Lipinski definition) is 1. The van der Waals surface area contributed by atoms with Crippen molar-refractivity contribution in [2.45, 2.75) is 0 Å². The van der Waals surface area contributed by atoms with Crippen LogP contribution in [0.5, 0.6) is 0 Å². The van der Waals surface area contributed by atoms with Crippen LogP contribution in [-0.4, -0.2) is 24.6 Å². The van der Waals surface area contributed by atoms with Gasteiger partial charge in [0.2, 0.25) is 0 Å². The Morgan fingerprint density at radius 1 is 1.29 bits per heavy atom. The quantitative estimate of drug-likeness (QED) is 0.424.